The molecule has 96 valence electrons. The summed E-state index contributed by atoms with van der Waals surface area (Å²) in [5.41, 5.74) is 7.70. The number of unbranched alkanes of at least 4 members (excludes halogenated alkanes) is 2. The molecular formula is C14H23FN2. The second-order valence-corrected chi connectivity index (χ2v) is 4.56. The van der Waals surface area contributed by atoms with Crippen molar-refractivity contribution >= 4 is 0 Å². The molecule has 2 N–H and O–H groups in total. The highest BCUT2D eigenvalue weighted by atomic mass is 19.1. The third-order valence-corrected chi connectivity index (χ3v) is 2.97. The Morgan fingerprint density at radius 1 is 1.24 bits per heavy atom. The number of nitrogens with two attached hydrogens (primary N) is 1. The largest absolute Gasteiger partial charge is 0.326 e. The number of hydrogen-bond acceptors (Lipinski definition) is 2. The van der Waals surface area contributed by atoms with E-state index in [0.717, 1.165) is 24.2 Å². The predicted octanol–water partition coefficient (Wildman–Crippen LogP) is 2.91. The van der Waals surface area contributed by atoms with E-state index in [0.29, 0.717) is 6.54 Å². The molecule has 3 heteroatoms. The fourth-order valence-corrected chi connectivity index (χ4v) is 1.94. The van der Waals surface area contributed by atoms with Crippen LogP contribution in [0.1, 0.15) is 37.3 Å². The van der Waals surface area contributed by atoms with Crippen LogP contribution < -0.4 is 5.73 Å². The molecule has 1 rings (SSSR count). The fourth-order valence-electron chi connectivity index (χ4n) is 1.94. The quantitative estimate of drug-likeness (QED) is 0.740. The number of rotatable bonds is 7. The van der Waals surface area contributed by atoms with Crippen LogP contribution in [0.4, 0.5) is 4.39 Å². The van der Waals surface area contributed by atoms with E-state index < -0.39 is 0 Å². The molecule has 1 aromatic carbocycles. The summed E-state index contributed by atoms with van der Waals surface area (Å²) in [5.74, 6) is -0.181. The van der Waals surface area contributed by atoms with Gasteiger partial charge in [-0.05, 0) is 43.3 Å². The first-order valence-corrected chi connectivity index (χ1v) is 6.33. The van der Waals surface area contributed by atoms with Gasteiger partial charge in [0.2, 0.25) is 0 Å². The van der Waals surface area contributed by atoms with E-state index in [4.69, 9.17) is 5.73 Å². The van der Waals surface area contributed by atoms with Gasteiger partial charge in [0.15, 0.2) is 0 Å². The molecule has 17 heavy (non-hydrogen) atoms. The molecule has 0 heterocycles. The fraction of sp³-hybridized carbons (Fsp3) is 0.571. The maximum absolute atomic E-state index is 13.2. The van der Waals surface area contributed by atoms with Crippen molar-refractivity contribution in [1.82, 2.24) is 4.90 Å². The van der Waals surface area contributed by atoms with E-state index in [1.165, 1.54) is 25.3 Å². The number of nitrogens with zero attached hydrogens (tertiary/aromatic N) is 1. The van der Waals surface area contributed by atoms with E-state index in [-0.39, 0.29) is 5.82 Å². The van der Waals surface area contributed by atoms with Gasteiger partial charge in [-0.2, -0.15) is 0 Å². The number of benzene rings is 1. The van der Waals surface area contributed by atoms with Crippen LogP contribution in [0, 0.1) is 5.82 Å². The number of hydrogen-bond donors (Lipinski definition) is 1. The van der Waals surface area contributed by atoms with Crippen LogP contribution in [-0.2, 0) is 13.1 Å². The Kier molecular flexibility index (Phi) is 6.16. The van der Waals surface area contributed by atoms with E-state index in [9.17, 15) is 4.39 Å². The van der Waals surface area contributed by atoms with Gasteiger partial charge in [0.25, 0.3) is 0 Å². The van der Waals surface area contributed by atoms with E-state index in [1.807, 2.05) is 0 Å². The van der Waals surface area contributed by atoms with Gasteiger partial charge in [0.05, 0.1) is 0 Å². The zero-order valence-electron chi connectivity index (χ0n) is 10.9. The summed E-state index contributed by atoms with van der Waals surface area (Å²) in [6.07, 6.45) is 3.67. The molecule has 0 saturated heterocycles. The van der Waals surface area contributed by atoms with Crippen molar-refractivity contribution in [1.29, 1.82) is 0 Å². The standard InChI is InChI=1S/C14H23FN2/c1-3-4-5-8-17(2)11-13-9-14(15)7-6-12(13)10-16/h6-7,9H,3-5,8,10-11,16H2,1-2H3. The van der Waals surface area contributed by atoms with Crippen LogP contribution in [0.5, 0.6) is 0 Å². The molecule has 0 aromatic heterocycles. The van der Waals surface area contributed by atoms with Crippen LogP contribution in [0.15, 0.2) is 18.2 Å². The lowest BCUT2D eigenvalue weighted by Crippen LogP contribution is -2.20. The van der Waals surface area contributed by atoms with Crippen molar-refractivity contribution < 1.29 is 4.39 Å². The van der Waals surface area contributed by atoms with Gasteiger partial charge in [-0.1, -0.05) is 25.8 Å². The normalized spacial score (nSPS) is 11.1. The minimum atomic E-state index is -0.181. The van der Waals surface area contributed by atoms with E-state index in [1.54, 1.807) is 12.1 Å². The molecule has 2 nitrogen and oxygen atoms in total. The van der Waals surface area contributed by atoms with Crippen LogP contribution in [0.3, 0.4) is 0 Å². The topological polar surface area (TPSA) is 29.3 Å². The summed E-state index contributed by atoms with van der Waals surface area (Å²) in [7, 11) is 2.07. The highest BCUT2D eigenvalue weighted by Gasteiger charge is 2.06. The third-order valence-electron chi connectivity index (χ3n) is 2.97. The zero-order valence-corrected chi connectivity index (χ0v) is 10.9. The monoisotopic (exact) mass is 238 g/mol. The van der Waals surface area contributed by atoms with Crippen molar-refractivity contribution in [2.24, 2.45) is 5.73 Å². The molecule has 0 aliphatic heterocycles. The summed E-state index contributed by atoms with van der Waals surface area (Å²) >= 11 is 0. The van der Waals surface area contributed by atoms with Gasteiger partial charge >= 0.3 is 0 Å². The first-order valence-electron chi connectivity index (χ1n) is 6.33. The maximum atomic E-state index is 13.2. The van der Waals surface area contributed by atoms with E-state index >= 15 is 0 Å². The first kappa shape index (κ1) is 14.1. The molecule has 0 bridgehead atoms. The highest BCUT2D eigenvalue weighted by Crippen LogP contribution is 2.13. The van der Waals surface area contributed by atoms with Crippen LogP contribution in [0.2, 0.25) is 0 Å². The van der Waals surface area contributed by atoms with E-state index in [2.05, 4.69) is 18.9 Å². The smallest absolute Gasteiger partial charge is 0.123 e. The minimum Gasteiger partial charge on any atom is -0.326 e. The van der Waals surface area contributed by atoms with Crippen LogP contribution >= 0.6 is 0 Å². The second kappa shape index (κ2) is 7.41. The minimum absolute atomic E-state index is 0.181. The summed E-state index contributed by atoms with van der Waals surface area (Å²) in [5, 5.41) is 0. The summed E-state index contributed by atoms with van der Waals surface area (Å²) in [6, 6.07) is 4.85. The molecule has 1 aromatic rings. The molecule has 0 atom stereocenters. The average Bonchev–Trinajstić information content (AvgIpc) is 2.29. The van der Waals surface area contributed by atoms with Crippen molar-refractivity contribution in [3.63, 3.8) is 0 Å². The average molecular weight is 238 g/mol. The van der Waals surface area contributed by atoms with Gasteiger partial charge in [0.1, 0.15) is 5.82 Å². The van der Waals surface area contributed by atoms with Crippen molar-refractivity contribution in [3.05, 3.63) is 35.1 Å². The molecule has 0 fully saturated rings. The Morgan fingerprint density at radius 2 is 2.00 bits per heavy atom. The summed E-state index contributed by atoms with van der Waals surface area (Å²) in [4.78, 5) is 2.23. The lowest BCUT2D eigenvalue weighted by molar-refractivity contribution is 0.316. The van der Waals surface area contributed by atoms with Gasteiger partial charge in [0, 0.05) is 13.1 Å². The molecule has 0 radical (unpaired) electrons. The van der Waals surface area contributed by atoms with Crippen LogP contribution in [-0.4, -0.2) is 18.5 Å². The lowest BCUT2D eigenvalue weighted by atomic mass is 10.1. The number of halogens is 1. The highest BCUT2D eigenvalue weighted by molar-refractivity contribution is 5.27. The third kappa shape index (κ3) is 4.84. The van der Waals surface area contributed by atoms with Gasteiger partial charge < -0.3 is 10.6 Å². The lowest BCUT2D eigenvalue weighted by Gasteiger charge is -2.18. The molecular weight excluding hydrogens is 215 g/mol. The SMILES string of the molecule is CCCCCN(C)Cc1cc(F)ccc1CN. The predicted molar refractivity (Wildman–Crippen MR) is 70.2 cm³/mol. The Labute approximate surface area is 104 Å². The van der Waals surface area contributed by atoms with Crippen molar-refractivity contribution in [2.75, 3.05) is 13.6 Å². The van der Waals surface area contributed by atoms with Gasteiger partial charge in [-0.25, -0.2) is 4.39 Å². The summed E-state index contributed by atoms with van der Waals surface area (Å²) < 4.78 is 13.2. The van der Waals surface area contributed by atoms with Gasteiger partial charge in [-0.3, -0.25) is 0 Å². The Balaban J connectivity index is 2.57. The summed E-state index contributed by atoms with van der Waals surface area (Å²) in [6.45, 7) is 4.49. The molecule has 0 aliphatic rings. The Morgan fingerprint density at radius 3 is 2.65 bits per heavy atom. The zero-order chi connectivity index (χ0) is 12.7. The Hall–Kier alpha value is -0.930. The van der Waals surface area contributed by atoms with Gasteiger partial charge in [-0.15, -0.1) is 0 Å². The second-order valence-electron chi connectivity index (χ2n) is 4.56. The molecule has 0 amide bonds. The first-order chi connectivity index (χ1) is 8.17. The molecule has 0 saturated carbocycles. The van der Waals surface area contributed by atoms with Crippen LogP contribution in [0.25, 0.3) is 0 Å². The molecule has 0 unspecified atom stereocenters. The molecule has 0 aliphatic carbocycles. The maximum Gasteiger partial charge on any atom is 0.123 e. The van der Waals surface area contributed by atoms with Crippen molar-refractivity contribution in [3.8, 4) is 0 Å². The molecule has 0 spiro atoms. The van der Waals surface area contributed by atoms with Crippen molar-refractivity contribution in [2.45, 2.75) is 39.3 Å². The Bertz CT molecular complexity index is 339.